The fourth-order valence-electron chi connectivity index (χ4n) is 5.59. The van der Waals surface area contributed by atoms with Crippen molar-refractivity contribution in [3.63, 3.8) is 0 Å². The number of H-pyrrole nitrogens is 1. The van der Waals surface area contributed by atoms with Crippen LogP contribution in [-0.4, -0.2) is 93.4 Å². The second kappa shape index (κ2) is 21.7. The molecule has 0 saturated carbocycles. The lowest BCUT2D eigenvalue weighted by atomic mass is 10.0. The monoisotopic (exact) mass is 861 g/mol. The Kier molecular flexibility index (Phi) is 16.6. The van der Waals surface area contributed by atoms with E-state index >= 15 is 0 Å². The molecule has 4 aromatic carbocycles. The summed E-state index contributed by atoms with van der Waals surface area (Å²) in [5.74, 6) is -6.10. The summed E-state index contributed by atoms with van der Waals surface area (Å²) in [5.41, 5.74) is 7.08. The molecule has 19 heteroatoms. The van der Waals surface area contributed by atoms with Crippen LogP contribution in [0.5, 0.6) is 5.75 Å². The summed E-state index contributed by atoms with van der Waals surface area (Å²) >= 11 is 0. The van der Waals surface area contributed by atoms with Crippen molar-refractivity contribution >= 4 is 46.4 Å². The van der Waals surface area contributed by atoms with E-state index in [1.165, 1.54) is 43.5 Å². The number of aromatic hydroxyl groups is 1. The third kappa shape index (κ3) is 14.3. The standard InChI is InChI=1S/C40H41N7O6S.C2HF3O2/c1-26(38(51)46-34(37(41)50)22-29-23-42-25-43-29)44-39(52)35(21-27-13-17-30(48)18-14-27)45-36(49)24-47(2)40(53)28-15-19-33(20-16-28)54(31-9-5-3-6-10-31)32-11-7-4-8-12-32;3-2(4,5)1(6)7/h3-20,23,25-26,34-35H,21-22,24H2,1-2H3,(H6-,41,42,43,44,45,46,48,49,50,51,52);(H,6,7)/t26-,34-,35-;/m0./s1. The molecular formula is C42H42F3N7O8S. The van der Waals surface area contributed by atoms with Gasteiger partial charge >= 0.3 is 6.18 Å². The number of aliphatic carboxylic acids is 1. The number of nitrogens with one attached hydrogen (secondary N) is 4. The maximum Gasteiger partial charge on any atom is 0.430 e. The minimum Gasteiger partial charge on any atom is -0.542 e. The first-order valence-electron chi connectivity index (χ1n) is 18.4. The number of aromatic nitrogens is 2. The minimum absolute atomic E-state index is 0.0137. The number of aromatic amines is 1. The molecule has 1 aromatic heterocycles. The first-order chi connectivity index (χ1) is 28.9. The van der Waals surface area contributed by atoms with Gasteiger partial charge in [-0.3, -0.25) is 24.0 Å². The van der Waals surface area contributed by atoms with Gasteiger partial charge in [-0.2, -0.15) is 13.2 Å². The van der Waals surface area contributed by atoms with Crippen LogP contribution < -0.4 is 26.8 Å². The van der Waals surface area contributed by atoms with Gasteiger partial charge in [0.1, 0.15) is 29.8 Å². The Balaban J connectivity index is 0.00000107. The summed E-state index contributed by atoms with van der Waals surface area (Å²) in [5, 5.41) is 26.3. The number of carboxylic acid groups (broad SMARTS) is 1. The molecule has 0 aliphatic carbocycles. The summed E-state index contributed by atoms with van der Waals surface area (Å²) in [4.78, 5) is 85.4. The minimum atomic E-state index is -5.19. The van der Waals surface area contributed by atoms with Gasteiger partial charge in [-0.25, -0.2) is 4.98 Å². The van der Waals surface area contributed by atoms with Crippen LogP contribution in [0.4, 0.5) is 13.2 Å². The summed E-state index contributed by atoms with van der Waals surface area (Å²) in [6.45, 7) is 1.07. The summed E-state index contributed by atoms with van der Waals surface area (Å²) in [7, 11) is 1.10. The molecule has 0 bridgehead atoms. The van der Waals surface area contributed by atoms with Gasteiger partial charge in [0, 0.05) is 37.3 Å². The van der Waals surface area contributed by atoms with E-state index < -0.39 is 64.8 Å². The summed E-state index contributed by atoms with van der Waals surface area (Å²) < 4.78 is 31.5. The SMILES string of the molecule is C[C@H](NC(=O)[C@H](Cc1ccc(O)cc1)NC(=O)CN(C)C(=O)c1ccc([S+](c2ccccc2)c2ccccc2)cc1)C(=O)N[C@@H](Cc1cnc[nH]1)C(N)=O.O=C([O-])C(F)(F)F. The maximum atomic E-state index is 13.5. The van der Waals surface area contributed by atoms with Gasteiger partial charge in [-0.05, 0) is 73.2 Å². The number of primary amides is 1. The van der Waals surface area contributed by atoms with E-state index in [2.05, 4.69) is 50.2 Å². The number of rotatable bonds is 16. The number of carbonyl (C=O) groups is 6. The Bertz CT molecular complexity index is 2210. The van der Waals surface area contributed by atoms with Gasteiger partial charge in [0.2, 0.25) is 23.6 Å². The molecule has 3 atom stereocenters. The van der Waals surface area contributed by atoms with Crippen LogP contribution in [0.2, 0.25) is 0 Å². The van der Waals surface area contributed by atoms with Crippen LogP contribution in [0.1, 0.15) is 28.5 Å². The molecule has 1 heterocycles. The van der Waals surface area contributed by atoms with E-state index in [1.807, 2.05) is 48.5 Å². The molecule has 0 radical (unpaired) electrons. The molecule has 15 nitrogen and oxygen atoms in total. The molecule has 5 aromatic rings. The number of benzene rings is 4. The normalized spacial score (nSPS) is 12.4. The number of phenols is 1. The highest BCUT2D eigenvalue weighted by molar-refractivity contribution is 7.97. The molecule has 0 spiro atoms. The molecule has 0 fully saturated rings. The molecule has 5 rings (SSSR count). The average molecular weight is 862 g/mol. The number of hydrogen-bond donors (Lipinski definition) is 6. The lowest BCUT2D eigenvalue weighted by molar-refractivity contribution is -0.344. The van der Waals surface area contributed by atoms with Crippen molar-refractivity contribution in [2.24, 2.45) is 5.73 Å². The van der Waals surface area contributed by atoms with Crippen LogP contribution in [-0.2, 0) is 47.7 Å². The molecule has 61 heavy (non-hydrogen) atoms. The Hall–Kier alpha value is -7.15. The molecule has 0 aliphatic rings. The predicted molar refractivity (Wildman–Crippen MR) is 214 cm³/mol. The first-order valence-corrected chi connectivity index (χ1v) is 19.6. The van der Waals surface area contributed by atoms with Gasteiger partial charge < -0.3 is 46.6 Å². The Morgan fingerprint density at radius 3 is 1.82 bits per heavy atom. The van der Waals surface area contributed by atoms with Crippen molar-refractivity contribution in [3.05, 3.63) is 139 Å². The molecule has 320 valence electrons. The quantitative estimate of drug-likeness (QED) is 0.0795. The zero-order chi connectivity index (χ0) is 44.7. The van der Waals surface area contributed by atoms with Gasteiger partial charge in [0.25, 0.3) is 5.91 Å². The van der Waals surface area contributed by atoms with Crippen LogP contribution in [0.3, 0.4) is 0 Å². The fraction of sp³-hybridized carbons (Fsp3) is 0.214. The topological polar surface area (TPSA) is 240 Å². The molecule has 7 N–H and O–H groups in total. The van der Waals surface area contributed by atoms with E-state index in [1.54, 1.807) is 24.3 Å². The first kappa shape index (κ1) is 46.5. The zero-order valence-corrected chi connectivity index (χ0v) is 33.5. The number of carbonyl (C=O) groups excluding carboxylic acids is 6. The van der Waals surface area contributed by atoms with Crippen molar-refractivity contribution in [3.8, 4) is 5.75 Å². The average Bonchev–Trinajstić information content (AvgIpc) is 3.75. The number of phenolic OH excluding ortho intramolecular Hbond substituents is 1. The second-order valence-corrected chi connectivity index (χ2v) is 15.4. The van der Waals surface area contributed by atoms with E-state index in [4.69, 9.17) is 15.6 Å². The lowest BCUT2D eigenvalue weighted by Crippen LogP contribution is -2.56. The van der Waals surface area contributed by atoms with Crippen molar-refractivity contribution in [2.45, 2.75) is 58.8 Å². The molecule has 0 saturated heterocycles. The molecule has 5 amide bonds. The predicted octanol–water partition coefficient (Wildman–Crippen LogP) is 2.03. The van der Waals surface area contributed by atoms with Crippen molar-refractivity contribution in [1.82, 2.24) is 30.8 Å². The van der Waals surface area contributed by atoms with Crippen LogP contribution >= 0.6 is 0 Å². The smallest absolute Gasteiger partial charge is 0.430 e. The van der Waals surface area contributed by atoms with Crippen LogP contribution in [0.25, 0.3) is 0 Å². The third-order valence-electron chi connectivity index (χ3n) is 8.67. The molecular weight excluding hydrogens is 820 g/mol. The number of amides is 5. The van der Waals surface area contributed by atoms with Crippen LogP contribution in [0.15, 0.2) is 136 Å². The van der Waals surface area contributed by atoms with E-state index in [-0.39, 0.29) is 31.0 Å². The van der Waals surface area contributed by atoms with E-state index in [0.717, 1.165) is 14.7 Å². The van der Waals surface area contributed by atoms with Gasteiger partial charge in [-0.1, -0.05) is 48.5 Å². The van der Waals surface area contributed by atoms with Crippen LogP contribution in [0, 0.1) is 0 Å². The number of imidazole rings is 1. The zero-order valence-electron chi connectivity index (χ0n) is 32.7. The van der Waals surface area contributed by atoms with E-state index in [0.29, 0.717) is 16.8 Å². The van der Waals surface area contributed by atoms with E-state index in [9.17, 15) is 42.3 Å². The number of likely N-dealkylation sites (N-methyl/N-ethyl adjacent to an activating group) is 1. The third-order valence-corrected chi connectivity index (χ3v) is 10.9. The summed E-state index contributed by atoms with van der Waals surface area (Å²) in [6, 6.07) is 30.3. The van der Waals surface area contributed by atoms with Crippen molar-refractivity contribution in [1.29, 1.82) is 0 Å². The van der Waals surface area contributed by atoms with Crippen molar-refractivity contribution < 1.29 is 52.2 Å². The Labute approximate surface area is 350 Å². The Morgan fingerprint density at radius 1 is 0.787 bits per heavy atom. The number of hydrogen-bond acceptors (Lipinski definition) is 9. The number of alkyl halides is 3. The summed E-state index contributed by atoms with van der Waals surface area (Å²) in [6.07, 6.45) is -2.18. The largest absolute Gasteiger partial charge is 0.542 e. The lowest BCUT2D eigenvalue weighted by Gasteiger charge is -2.24. The number of carboxylic acids is 1. The number of nitrogens with two attached hydrogens (primary N) is 1. The van der Waals surface area contributed by atoms with Gasteiger partial charge in [0.15, 0.2) is 14.7 Å². The highest BCUT2D eigenvalue weighted by Crippen LogP contribution is 2.31. The Morgan fingerprint density at radius 2 is 1.33 bits per heavy atom. The van der Waals surface area contributed by atoms with Gasteiger partial charge in [-0.15, -0.1) is 0 Å². The number of halogens is 3. The van der Waals surface area contributed by atoms with Crippen molar-refractivity contribution in [2.75, 3.05) is 13.6 Å². The number of nitrogens with zero attached hydrogens (tertiary/aromatic N) is 2. The van der Waals surface area contributed by atoms with Gasteiger partial charge in [0.05, 0.1) is 23.8 Å². The molecule has 0 unspecified atom stereocenters. The fourth-order valence-corrected chi connectivity index (χ4v) is 7.68. The highest BCUT2D eigenvalue weighted by Gasteiger charge is 2.31. The second-order valence-electron chi connectivity index (χ2n) is 13.4. The maximum absolute atomic E-state index is 13.5. The molecule has 0 aliphatic heterocycles. The highest BCUT2D eigenvalue weighted by atomic mass is 32.2.